The van der Waals surface area contributed by atoms with Crippen LogP contribution in [0.25, 0.3) is 0 Å². The molecule has 3 saturated heterocycles. The van der Waals surface area contributed by atoms with Crippen LogP contribution in [-0.4, -0.2) is 50.1 Å². The number of fused-ring (bicyclic) bond motifs is 1. The van der Waals surface area contributed by atoms with Crippen LogP contribution < -0.4 is 20.9 Å². The largest absolute Gasteiger partial charge is 0.435 e. The van der Waals surface area contributed by atoms with E-state index in [4.69, 9.17) is 0 Å². The average Bonchev–Trinajstić information content (AvgIpc) is 3.27. The van der Waals surface area contributed by atoms with E-state index in [0.717, 1.165) is 44.6 Å². The van der Waals surface area contributed by atoms with Crippen LogP contribution in [0, 0.1) is 17.8 Å². The minimum absolute atomic E-state index is 0.109. The van der Waals surface area contributed by atoms with Crippen LogP contribution in [-0.2, 0) is 4.79 Å². The fraction of sp³-hybridized carbons (Fsp3) is 0.632. The molecule has 8 heteroatoms. The fourth-order valence-corrected chi connectivity index (χ4v) is 4.60. The molecule has 4 rings (SSSR count). The molecule has 27 heavy (non-hydrogen) atoms. The van der Waals surface area contributed by atoms with Crippen molar-refractivity contribution in [2.24, 2.45) is 17.8 Å². The Bertz CT molecular complexity index is 661. The van der Waals surface area contributed by atoms with Crippen LogP contribution in [0.2, 0.25) is 0 Å². The SMILES string of the molecule is O=C(C1CNNC1c1cccc(OC(F)F)c1)N1CC[C@@H]2CNC[C@@H]2CC1. The molecule has 0 radical (unpaired) electrons. The number of likely N-dealkylation sites (tertiary alicyclic amines) is 1. The Morgan fingerprint density at radius 3 is 2.59 bits per heavy atom. The third kappa shape index (κ3) is 4.07. The molecule has 3 N–H and O–H groups in total. The molecule has 3 fully saturated rings. The maximum absolute atomic E-state index is 13.2. The van der Waals surface area contributed by atoms with Crippen molar-refractivity contribution in [3.8, 4) is 5.75 Å². The monoisotopic (exact) mass is 380 g/mol. The minimum atomic E-state index is -2.86. The predicted molar refractivity (Wildman–Crippen MR) is 96.1 cm³/mol. The normalized spacial score (nSPS) is 31.0. The van der Waals surface area contributed by atoms with Gasteiger partial charge in [0.05, 0.1) is 12.0 Å². The van der Waals surface area contributed by atoms with Crippen molar-refractivity contribution in [2.75, 3.05) is 32.7 Å². The molecule has 1 aromatic carbocycles. The number of hydrogen-bond acceptors (Lipinski definition) is 5. The third-order valence-electron chi connectivity index (χ3n) is 6.07. The summed E-state index contributed by atoms with van der Waals surface area (Å²) in [7, 11) is 0. The van der Waals surface area contributed by atoms with E-state index >= 15 is 0 Å². The van der Waals surface area contributed by atoms with E-state index in [1.807, 2.05) is 11.0 Å². The zero-order valence-corrected chi connectivity index (χ0v) is 15.2. The lowest BCUT2D eigenvalue weighted by Gasteiger charge is -2.27. The van der Waals surface area contributed by atoms with Crippen LogP contribution in [0.3, 0.4) is 0 Å². The maximum Gasteiger partial charge on any atom is 0.387 e. The molecule has 6 nitrogen and oxygen atoms in total. The van der Waals surface area contributed by atoms with E-state index in [9.17, 15) is 13.6 Å². The van der Waals surface area contributed by atoms with Gasteiger partial charge in [0.25, 0.3) is 0 Å². The van der Waals surface area contributed by atoms with Gasteiger partial charge < -0.3 is 15.0 Å². The Morgan fingerprint density at radius 2 is 1.89 bits per heavy atom. The molecule has 148 valence electrons. The highest BCUT2D eigenvalue weighted by molar-refractivity contribution is 5.80. The summed E-state index contributed by atoms with van der Waals surface area (Å²) in [6.07, 6.45) is 2.08. The highest BCUT2D eigenvalue weighted by Gasteiger charge is 2.38. The first-order valence-corrected chi connectivity index (χ1v) is 9.64. The molecule has 3 aliphatic rings. The Kier molecular flexibility index (Phi) is 5.56. The predicted octanol–water partition coefficient (Wildman–Crippen LogP) is 1.51. The van der Waals surface area contributed by atoms with Gasteiger partial charge in [-0.1, -0.05) is 12.1 Å². The Labute approximate surface area is 157 Å². The molecule has 0 aromatic heterocycles. The van der Waals surface area contributed by atoms with Gasteiger partial charge in [-0.15, -0.1) is 0 Å². The second kappa shape index (κ2) is 8.08. The number of ether oxygens (including phenoxy) is 1. The third-order valence-corrected chi connectivity index (χ3v) is 6.07. The molecule has 1 aromatic rings. The van der Waals surface area contributed by atoms with Gasteiger partial charge in [-0.25, -0.2) is 5.43 Å². The Morgan fingerprint density at radius 1 is 1.15 bits per heavy atom. The van der Waals surface area contributed by atoms with Crippen LogP contribution in [0.15, 0.2) is 24.3 Å². The highest BCUT2D eigenvalue weighted by Crippen LogP contribution is 2.32. The topological polar surface area (TPSA) is 65.6 Å². The van der Waals surface area contributed by atoms with Crippen LogP contribution >= 0.6 is 0 Å². The summed E-state index contributed by atoms with van der Waals surface area (Å²) < 4.78 is 29.5. The van der Waals surface area contributed by atoms with Crippen molar-refractivity contribution in [2.45, 2.75) is 25.5 Å². The molecular weight excluding hydrogens is 354 g/mol. The van der Waals surface area contributed by atoms with Crippen molar-refractivity contribution >= 4 is 5.91 Å². The summed E-state index contributed by atoms with van der Waals surface area (Å²) in [5, 5.41) is 3.45. The van der Waals surface area contributed by atoms with Crippen molar-refractivity contribution in [1.29, 1.82) is 0 Å². The lowest BCUT2D eigenvalue weighted by atomic mass is 9.92. The number of nitrogens with zero attached hydrogens (tertiary/aromatic N) is 1. The zero-order valence-electron chi connectivity index (χ0n) is 15.2. The molecule has 4 atom stereocenters. The van der Waals surface area contributed by atoms with E-state index in [-0.39, 0.29) is 23.6 Å². The van der Waals surface area contributed by atoms with Crippen LogP contribution in [0.5, 0.6) is 5.75 Å². The summed E-state index contributed by atoms with van der Waals surface area (Å²) in [4.78, 5) is 15.2. The van der Waals surface area contributed by atoms with E-state index in [0.29, 0.717) is 18.4 Å². The first-order valence-electron chi connectivity index (χ1n) is 9.64. The molecule has 3 heterocycles. The number of alkyl halides is 2. The summed E-state index contributed by atoms with van der Waals surface area (Å²) in [5.74, 6) is 1.31. The number of halogens is 2. The summed E-state index contributed by atoms with van der Waals surface area (Å²) in [5.41, 5.74) is 6.96. The second-order valence-corrected chi connectivity index (χ2v) is 7.64. The first kappa shape index (κ1) is 18.6. The minimum Gasteiger partial charge on any atom is -0.435 e. The number of rotatable bonds is 4. The molecular formula is C19H26F2N4O2. The van der Waals surface area contributed by atoms with Gasteiger partial charge in [-0.2, -0.15) is 8.78 Å². The van der Waals surface area contributed by atoms with Gasteiger partial charge in [-0.3, -0.25) is 10.2 Å². The van der Waals surface area contributed by atoms with Crippen molar-refractivity contribution in [3.05, 3.63) is 29.8 Å². The number of benzene rings is 1. The lowest BCUT2D eigenvalue weighted by Crippen LogP contribution is -2.40. The van der Waals surface area contributed by atoms with E-state index in [1.165, 1.54) is 6.07 Å². The number of carbonyl (C=O) groups is 1. The number of amides is 1. The summed E-state index contributed by atoms with van der Waals surface area (Å²) in [6.45, 7) is 1.35. The standard InChI is InChI=1S/C19H26F2N4O2/c20-19(21)27-15-3-1-2-12(8-15)17-16(11-23-24-17)18(26)25-6-4-13-9-22-10-14(13)5-7-25/h1-3,8,13-14,16-17,19,22-24H,4-7,9-11H2/t13-,14+,16?,17?. The quantitative estimate of drug-likeness (QED) is 0.739. The number of hydrogen-bond donors (Lipinski definition) is 3. The second-order valence-electron chi connectivity index (χ2n) is 7.64. The average molecular weight is 380 g/mol. The molecule has 1 amide bonds. The summed E-state index contributed by atoms with van der Waals surface area (Å²) in [6, 6.07) is 6.32. The van der Waals surface area contributed by atoms with Crippen LogP contribution in [0.1, 0.15) is 24.4 Å². The van der Waals surface area contributed by atoms with Crippen LogP contribution in [0.4, 0.5) is 8.78 Å². The van der Waals surface area contributed by atoms with E-state index < -0.39 is 6.61 Å². The van der Waals surface area contributed by atoms with Gasteiger partial charge in [0.1, 0.15) is 5.75 Å². The van der Waals surface area contributed by atoms with Gasteiger partial charge in [0.2, 0.25) is 5.91 Å². The smallest absolute Gasteiger partial charge is 0.387 e. The molecule has 0 bridgehead atoms. The Hall–Kier alpha value is -1.77. The highest BCUT2D eigenvalue weighted by atomic mass is 19.3. The van der Waals surface area contributed by atoms with E-state index in [2.05, 4.69) is 20.9 Å². The zero-order chi connectivity index (χ0) is 18.8. The fourth-order valence-electron chi connectivity index (χ4n) is 4.60. The Balaban J connectivity index is 1.45. The lowest BCUT2D eigenvalue weighted by molar-refractivity contribution is -0.135. The number of carbonyl (C=O) groups excluding carboxylic acids is 1. The molecule has 3 aliphatic heterocycles. The van der Waals surface area contributed by atoms with Crippen molar-refractivity contribution in [3.63, 3.8) is 0 Å². The van der Waals surface area contributed by atoms with Gasteiger partial charge >= 0.3 is 6.61 Å². The molecule has 0 spiro atoms. The van der Waals surface area contributed by atoms with Crippen molar-refractivity contribution in [1.82, 2.24) is 21.1 Å². The number of nitrogens with one attached hydrogen (secondary N) is 3. The number of hydrazine groups is 1. The molecule has 0 saturated carbocycles. The van der Waals surface area contributed by atoms with Crippen molar-refractivity contribution < 1.29 is 18.3 Å². The first-order chi connectivity index (χ1) is 13.1. The van der Waals surface area contributed by atoms with Gasteiger partial charge in [-0.05, 0) is 55.5 Å². The van der Waals surface area contributed by atoms with Gasteiger partial charge in [0, 0.05) is 19.6 Å². The van der Waals surface area contributed by atoms with Gasteiger partial charge in [0.15, 0.2) is 0 Å². The summed E-state index contributed by atoms with van der Waals surface area (Å²) >= 11 is 0. The molecule has 0 aliphatic carbocycles. The maximum atomic E-state index is 13.2. The molecule has 2 unspecified atom stereocenters. The van der Waals surface area contributed by atoms with E-state index in [1.54, 1.807) is 12.1 Å².